The maximum Gasteiger partial charge on any atom is 0.0998 e. The lowest BCUT2D eigenvalue weighted by molar-refractivity contribution is 1.10. The minimum absolute atomic E-state index is 0.437. The van der Waals surface area contributed by atoms with Gasteiger partial charge < -0.3 is 13.7 Å². The Bertz CT molecular complexity index is 3350. The molecule has 11 aromatic rings. The average molecular weight is 700 g/mol. The second kappa shape index (κ2) is 11.8. The van der Waals surface area contributed by atoms with E-state index in [1.807, 2.05) is 18.2 Å². The minimum Gasteiger partial charge on any atom is -0.309 e. The van der Waals surface area contributed by atoms with Gasteiger partial charge in [-0.3, -0.25) is 0 Å². The summed E-state index contributed by atoms with van der Waals surface area (Å²) in [5, 5.41) is 27.7. The van der Waals surface area contributed by atoms with Crippen molar-refractivity contribution in [1.82, 2.24) is 13.7 Å². The van der Waals surface area contributed by atoms with Crippen molar-refractivity contribution in [2.45, 2.75) is 0 Å². The Morgan fingerprint density at radius 2 is 0.836 bits per heavy atom. The van der Waals surface area contributed by atoms with Crippen LogP contribution in [0.2, 0.25) is 0 Å². The van der Waals surface area contributed by atoms with Crippen LogP contribution in [0, 0.1) is 22.7 Å². The summed E-state index contributed by atoms with van der Waals surface area (Å²) in [5.74, 6) is 0. The van der Waals surface area contributed by atoms with Crippen LogP contribution in [-0.2, 0) is 0 Å². The monoisotopic (exact) mass is 699 g/mol. The van der Waals surface area contributed by atoms with Gasteiger partial charge in [0.25, 0.3) is 0 Å². The van der Waals surface area contributed by atoms with E-state index in [1.165, 1.54) is 0 Å². The Labute approximate surface area is 316 Å². The third-order valence-electron chi connectivity index (χ3n) is 11.1. The zero-order chi connectivity index (χ0) is 36.6. The molecule has 55 heavy (non-hydrogen) atoms. The Morgan fingerprint density at radius 3 is 1.35 bits per heavy atom. The molecule has 5 heteroatoms. The van der Waals surface area contributed by atoms with Gasteiger partial charge in [-0.05, 0) is 60.7 Å². The molecular weight excluding hydrogens is 671 g/mol. The van der Waals surface area contributed by atoms with Gasteiger partial charge in [0, 0.05) is 49.1 Å². The average Bonchev–Trinajstić information content (AvgIpc) is 3.89. The first-order valence-corrected chi connectivity index (χ1v) is 18.3. The van der Waals surface area contributed by atoms with E-state index < -0.39 is 0 Å². The molecule has 0 N–H and O–H groups in total. The van der Waals surface area contributed by atoms with Crippen molar-refractivity contribution in [2.24, 2.45) is 0 Å². The Hall–Kier alpha value is -7.86. The number of hydrogen-bond acceptors (Lipinski definition) is 2. The van der Waals surface area contributed by atoms with Gasteiger partial charge in [0.05, 0.1) is 67.7 Å². The van der Waals surface area contributed by atoms with Crippen LogP contribution >= 0.6 is 0 Å². The van der Waals surface area contributed by atoms with Crippen LogP contribution in [0.5, 0.6) is 0 Å². The highest BCUT2D eigenvalue weighted by Crippen LogP contribution is 2.48. The number of fused-ring (bicyclic) bond motifs is 9. The summed E-state index contributed by atoms with van der Waals surface area (Å²) >= 11 is 0. The Kier molecular flexibility index (Phi) is 6.61. The van der Waals surface area contributed by atoms with E-state index in [2.05, 4.69) is 177 Å². The molecule has 0 aliphatic rings. The van der Waals surface area contributed by atoms with Crippen molar-refractivity contribution in [3.8, 4) is 40.3 Å². The fraction of sp³-hybridized carbons (Fsp3) is 0. The molecule has 0 atom stereocenters. The van der Waals surface area contributed by atoms with Crippen molar-refractivity contribution in [2.75, 3.05) is 0 Å². The van der Waals surface area contributed by atoms with Crippen LogP contribution < -0.4 is 0 Å². The smallest absolute Gasteiger partial charge is 0.0998 e. The van der Waals surface area contributed by atoms with Gasteiger partial charge in [-0.1, -0.05) is 115 Å². The standard InChI is InChI=1S/C50H29N5/c51-30-32-26-27-35(33(28-32)31-52)48-49-41(40-20-8-9-21-42(40)53(49)34-14-2-1-3-15-34)29-47(54-43-22-10-4-16-36(43)37-17-5-11-23-44(37)54)50(48)55-45-24-12-6-18-38(45)39-19-7-13-25-46(39)55/h1-29H. The lowest BCUT2D eigenvalue weighted by Gasteiger charge is -2.23. The second-order valence-corrected chi connectivity index (χ2v) is 13.9. The molecule has 0 radical (unpaired) electrons. The number of hydrogen-bond donors (Lipinski definition) is 0. The van der Waals surface area contributed by atoms with Gasteiger partial charge >= 0.3 is 0 Å². The maximum absolute atomic E-state index is 10.9. The molecule has 3 heterocycles. The van der Waals surface area contributed by atoms with Crippen molar-refractivity contribution < 1.29 is 0 Å². The SMILES string of the molecule is N#Cc1ccc(-c2c(-n3c4ccccc4c4ccccc43)c(-n3c4ccccc4c4ccccc43)cc3c4ccccc4n(-c4ccccc4)c23)c(C#N)c1. The predicted molar refractivity (Wildman–Crippen MR) is 224 cm³/mol. The summed E-state index contributed by atoms with van der Waals surface area (Å²) in [6, 6.07) is 66.0. The molecular formula is C50H29N5. The largest absolute Gasteiger partial charge is 0.309 e. The van der Waals surface area contributed by atoms with E-state index >= 15 is 0 Å². The summed E-state index contributed by atoms with van der Waals surface area (Å²) in [5.41, 5.74) is 11.8. The molecule has 0 unspecified atom stereocenters. The van der Waals surface area contributed by atoms with Crippen LogP contribution in [0.1, 0.15) is 11.1 Å². The fourth-order valence-electron chi connectivity index (χ4n) is 8.87. The van der Waals surface area contributed by atoms with Crippen LogP contribution in [0.25, 0.3) is 93.6 Å². The normalized spacial score (nSPS) is 11.6. The summed E-state index contributed by atoms with van der Waals surface area (Å²) in [6.07, 6.45) is 0. The van der Waals surface area contributed by atoms with E-state index in [4.69, 9.17) is 0 Å². The molecule has 0 amide bonds. The molecule has 0 spiro atoms. The highest BCUT2D eigenvalue weighted by Gasteiger charge is 2.29. The number of benzene rings is 8. The molecule has 0 saturated carbocycles. The van der Waals surface area contributed by atoms with Crippen molar-refractivity contribution in [1.29, 1.82) is 10.5 Å². The van der Waals surface area contributed by atoms with Gasteiger partial charge in [0.15, 0.2) is 0 Å². The van der Waals surface area contributed by atoms with Crippen molar-refractivity contribution in [3.63, 3.8) is 0 Å². The minimum atomic E-state index is 0.437. The summed E-state index contributed by atoms with van der Waals surface area (Å²) in [4.78, 5) is 0. The summed E-state index contributed by atoms with van der Waals surface area (Å²) < 4.78 is 7.13. The number of rotatable bonds is 4. The molecule has 8 aromatic carbocycles. The first-order chi connectivity index (χ1) is 27.2. The van der Waals surface area contributed by atoms with Gasteiger partial charge in [-0.2, -0.15) is 10.5 Å². The molecule has 0 aliphatic heterocycles. The predicted octanol–water partition coefficient (Wildman–Crippen LogP) is 12.4. The molecule has 5 nitrogen and oxygen atoms in total. The van der Waals surface area contributed by atoms with E-state index in [9.17, 15) is 10.5 Å². The highest BCUT2D eigenvalue weighted by molar-refractivity contribution is 6.20. The zero-order valence-electron chi connectivity index (χ0n) is 29.5. The lowest BCUT2D eigenvalue weighted by Crippen LogP contribution is -2.08. The molecule has 11 rings (SSSR count). The number of nitriles is 2. The lowest BCUT2D eigenvalue weighted by atomic mass is 9.93. The molecule has 0 fully saturated rings. The van der Waals surface area contributed by atoms with Crippen LogP contribution in [0.4, 0.5) is 0 Å². The van der Waals surface area contributed by atoms with Crippen molar-refractivity contribution in [3.05, 3.63) is 187 Å². The van der Waals surface area contributed by atoms with Gasteiger partial charge in [-0.15, -0.1) is 0 Å². The first kappa shape index (κ1) is 30.7. The van der Waals surface area contributed by atoms with E-state index in [1.54, 1.807) is 6.07 Å². The highest BCUT2D eigenvalue weighted by atomic mass is 15.1. The van der Waals surface area contributed by atoms with Gasteiger partial charge in [-0.25, -0.2) is 0 Å². The summed E-state index contributed by atoms with van der Waals surface area (Å²) in [6.45, 7) is 0. The van der Waals surface area contributed by atoms with Crippen LogP contribution in [-0.4, -0.2) is 13.7 Å². The molecule has 0 bridgehead atoms. The van der Waals surface area contributed by atoms with Crippen LogP contribution in [0.3, 0.4) is 0 Å². The van der Waals surface area contributed by atoms with Gasteiger partial charge in [0.2, 0.25) is 0 Å². The third-order valence-corrected chi connectivity index (χ3v) is 11.1. The fourth-order valence-corrected chi connectivity index (χ4v) is 8.87. The molecule has 3 aromatic heterocycles. The Morgan fingerprint density at radius 1 is 0.382 bits per heavy atom. The number of nitrogens with zero attached hydrogens (tertiary/aromatic N) is 5. The topological polar surface area (TPSA) is 62.4 Å². The van der Waals surface area contributed by atoms with E-state index in [0.717, 1.165) is 93.6 Å². The van der Waals surface area contributed by atoms with E-state index in [0.29, 0.717) is 11.1 Å². The summed E-state index contributed by atoms with van der Waals surface area (Å²) in [7, 11) is 0. The second-order valence-electron chi connectivity index (χ2n) is 13.9. The molecule has 0 saturated heterocycles. The first-order valence-electron chi connectivity index (χ1n) is 18.3. The zero-order valence-corrected chi connectivity index (χ0v) is 29.5. The maximum atomic E-state index is 10.9. The number of para-hydroxylation sites is 6. The van der Waals surface area contributed by atoms with Gasteiger partial charge in [0.1, 0.15) is 0 Å². The third kappa shape index (κ3) is 4.33. The quantitative estimate of drug-likeness (QED) is 0.184. The van der Waals surface area contributed by atoms with E-state index in [-0.39, 0.29) is 0 Å². The van der Waals surface area contributed by atoms with Crippen molar-refractivity contribution >= 4 is 65.4 Å². The molecule has 0 aliphatic carbocycles. The van der Waals surface area contributed by atoms with Crippen LogP contribution in [0.15, 0.2) is 176 Å². The molecule has 254 valence electrons. The number of aromatic nitrogens is 3. The Balaban J connectivity index is 1.49.